The molecule has 0 aliphatic carbocycles. The molecule has 1 aromatic carbocycles. The molecule has 0 spiro atoms. The predicted octanol–water partition coefficient (Wildman–Crippen LogP) is 2.31. The van der Waals surface area contributed by atoms with Gasteiger partial charge in [-0.25, -0.2) is 0 Å². The first-order chi connectivity index (χ1) is 8.98. The van der Waals surface area contributed by atoms with E-state index in [1.165, 1.54) is 0 Å². The van der Waals surface area contributed by atoms with Crippen LogP contribution in [0.4, 0.5) is 0 Å². The predicted molar refractivity (Wildman–Crippen MR) is 78.8 cm³/mol. The number of hydrogen-bond acceptors (Lipinski definition) is 2. The van der Waals surface area contributed by atoms with Crippen LogP contribution in [0.1, 0.15) is 49.5 Å². The Morgan fingerprint density at radius 3 is 2.79 bits per heavy atom. The van der Waals surface area contributed by atoms with Crippen molar-refractivity contribution in [1.29, 1.82) is 0 Å². The lowest BCUT2D eigenvalue weighted by Crippen LogP contribution is -2.43. The molecule has 1 amide bonds. The Hall–Kier alpha value is -1.79. The van der Waals surface area contributed by atoms with Crippen molar-refractivity contribution in [3.05, 3.63) is 35.4 Å². The van der Waals surface area contributed by atoms with Gasteiger partial charge in [-0.15, -0.1) is 0 Å². The summed E-state index contributed by atoms with van der Waals surface area (Å²) >= 11 is 0. The Morgan fingerprint density at radius 2 is 2.16 bits per heavy atom. The summed E-state index contributed by atoms with van der Waals surface area (Å²) in [6.45, 7) is 6.50. The van der Waals surface area contributed by atoms with E-state index in [-0.39, 0.29) is 11.4 Å². The van der Waals surface area contributed by atoms with Crippen molar-refractivity contribution in [2.75, 3.05) is 6.54 Å². The highest BCUT2D eigenvalue weighted by Gasteiger charge is 2.19. The Morgan fingerprint density at radius 1 is 1.42 bits per heavy atom. The summed E-state index contributed by atoms with van der Waals surface area (Å²) in [5, 5.41) is 3.04. The van der Waals surface area contributed by atoms with Crippen LogP contribution in [-0.4, -0.2) is 18.0 Å². The first kappa shape index (κ1) is 15.3. The number of rotatable bonds is 4. The molecule has 3 N–H and O–H groups in total. The van der Waals surface area contributed by atoms with Crippen LogP contribution in [-0.2, 0) is 0 Å². The molecule has 0 aliphatic heterocycles. The molecule has 1 aromatic rings. The second kappa shape index (κ2) is 6.96. The van der Waals surface area contributed by atoms with Gasteiger partial charge in [-0.05, 0) is 38.5 Å². The molecule has 102 valence electrons. The molecule has 0 bridgehead atoms. The molecular weight excluding hydrogens is 236 g/mol. The van der Waals surface area contributed by atoms with Gasteiger partial charge in [-0.2, -0.15) is 0 Å². The fourth-order valence-electron chi connectivity index (χ4n) is 1.96. The van der Waals surface area contributed by atoms with Gasteiger partial charge in [0.1, 0.15) is 0 Å². The van der Waals surface area contributed by atoms with Crippen molar-refractivity contribution in [1.82, 2.24) is 5.32 Å². The third-order valence-electron chi connectivity index (χ3n) is 2.79. The maximum absolute atomic E-state index is 12.2. The first-order valence-electron chi connectivity index (χ1n) is 6.60. The lowest BCUT2D eigenvalue weighted by molar-refractivity contribution is 0.0909. The molecule has 0 aliphatic rings. The smallest absolute Gasteiger partial charge is 0.251 e. The molecule has 0 radical (unpaired) electrons. The molecule has 0 unspecified atom stereocenters. The van der Waals surface area contributed by atoms with E-state index in [0.717, 1.165) is 18.4 Å². The van der Waals surface area contributed by atoms with Gasteiger partial charge in [0.25, 0.3) is 5.91 Å². The molecule has 0 saturated carbocycles. The van der Waals surface area contributed by atoms with Gasteiger partial charge in [-0.3, -0.25) is 4.79 Å². The number of carbonyl (C=O) groups excluding carboxylic acids is 1. The largest absolute Gasteiger partial charge is 0.347 e. The summed E-state index contributed by atoms with van der Waals surface area (Å²) in [4.78, 5) is 12.2. The van der Waals surface area contributed by atoms with Gasteiger partial charge in [0.05, 0.1) is 6.54 Å². The minimum atomic E-state index is -0.190. The summed E-state index contributed by atoms with van der Waals surface area (Å²) in [5.74, 6) is 5.66. The number of carbonyl (C=O) groups is 1. The average Bonchev–Trinajstić information content (AvgIpc) is 2.36. The zero-order chi connectivity index (χ0) is 14.3. The lowest BCUT2D eigenvalue weighted by atomic mass is 9.98. The highest BCUT2D eigenvalue weighted by atomic mass is 16.1. The monoisotopic (exact) mass is 258 g/mol. The minimum absolute atomic E-state index is 0.0603. The van der Waals surface area contributed by atoms with Gasteiger partial charge in [0, 0.05) is 16.7 Å². The highest BCUT2D eigenvalue weighted by molar-refractivity contribution is 5.95. The first-order valence-corrected chi connectivity index (χ1v) is 6.60. The van der Waals surface area contributed by atoms with Crippen molar-refractivity contribution in [2.45, 2.75) is 39.2 Å². The second-order valence-corrected chi connectivity index (χ2v) is 5.17. The quantitative estimate of drug-likeness (QED) is 0.814. The van der Waals surface area contributed by atoms with Crippen LogP contribution < -0.4 is 11.1 Å². The molecule has 3 heteroatoms. The standard InChI is InChI=1S/C16H22N2O/c1-4-10-16(2,3)18-15(19)14-9-5-7-13(12-14)8-6-11-17/h5,7,9,12H,4,10-11,17H2,1-3H3,(H,18,19). The number of benzene rings is 1. The molecule has 0 saturated heterocycles. The Labute approximate surface area is 115 Å². The average molecular weight is 258 g/mol. The number of nitrogens with two attached hydrogens (primary N) is 1. The fourth-order valence-corrected chi connectivity index (χ4v) is 1.96. The van der Waals surface area contributed by atoms with E-state index in [9.17, 15) is 4.79 Å². The maximum atomic E-state index is 12.2. The van der Waals surface area contributed by atoms with E-state index in [1.54, 1.807) is 12.1 Å². The Bertz CT molecular complexity index is 495. The lowest BCUT2D eigenvalue weighted by Gasteiger charge is -2.25. The number of hydrogen-bond donors (Lipinski definition) is 2. The van der Waals surface area contributed by atoms with Crippen LogP contribution in [0.15, 0.2) is 24.3 Å². The van der Waals surface area contributed by atoms with Crippen molar-refractivity contribution >= 4 is 5.91 Å². The summed E-state index contributed by atoms with van der Waals surface area (Å²) in [6, 6.07) is 7.30. The van der Waals surface area contributed by atoms with Gasteiger partial charge in [-0.1, -0.05) is 31.3 Å². The molecule has 0 heterocycles. The van der Waals surface area contributed by atoms with Crippen LogP contribution >= 0.6 is 0 Å². The third-order valence-corrected chi connectivity index (χ3v) is 2.79. The molecule has 3 nitrogen and oxygen atoms in total. The zero-order valence-corrected chi connectivity index (χ0v) is 11.9. The van der Waals surface area contributed by atoms with E-state index in [1.807, 2.05) is 26.0 Å². The van der Waals surface area contributed by atoms with Crippen LogP contribution in [0.2, 0.25) is 0 Å². The molecule has 19 heavy (non-hydrogen) atoms. The topological polar surface area (TPSA) is 55.1 Å². The van der Waals surface area contributed by atoms with E-state index in [4.69, 9.17) is 5.73 Å². The Balaban J connectivity index is 2.83. The maximum Gasteiger partial charge on any atom is 0.251 e. The SMILES string of the molecule is CCCC(C)(C)NC(=O)c1cccc(C#CCN)c1. The van der Waals surface area contributed by atoms with Gasteiger partial charge in [0.2, 0.25) is 0 Å². The summed E-state index contributed by atoms with van der Waals surface area (Å²) in [5.41, 5.74) is 6.59. The fraction of sp³-hybridized carbons (Fsp3) is 0.438. The van der Waals surface area contributed by atoms with E-state index < -0.39 is 0 Å². The molecule has 0 atom stereocenters. The highest BCUT2D eigenvalue weighted by Crippen LogP contribution is 2.13. The van der Waals surface area contributed by atoms with Crippen molar-refractivity contribution < 1.29 is 4.79 Å². The van der Waals surface area contributed by atoms with Crippen molar-refractivity contribution in [3.8, 4) is 11.8 Å². The van der Waals surface area contributed by atoms with Crippen LogP contribution in [0.25, 0.3) is 0 Å². The van der Waals surface area contributed by atoms with Gasteiger partial charge < -0.3 is 11.1 Å². The molecule has 0 aromatic heterocycles. The zero-order valence-electron chi connectivity index (χ0n) is 11.9. The summed E-state index contributed by atoms with van der Waals surface area (Å²) in [7, 11) is 0. The van der Waals surface area contributed by atoms with Crippen molar-refractivity contribution in [3.63, 3.8) is 0 Å². The Kier molecular flexibility index (Phi) is 5.59. The number of nitrogens with one attached hydrogen (secondary N) is 1. The van der Waals surface area contributed by atoms with E-state index in [2.05, 4.69) is 24.1 Å². The molecule has 1 rings (SSSR count). The molecular formula is C16H22N2O. The molecule has 0 fully saturated rings. The van der Waals surface area contributed by atoms with Crippen LogP contribution in [0, 0.1) is 11.8 Å². The second-order valence-electron chi connectivity index (χ2n) is 5.17. The van der Waals surface area contributed by atoms with Gasteiger partial charge in [0.15, 0.2) is 0 Å². The van der Waals surface area contributed by atoms with Crippen LogP contribution in [0.3, 0.4) is 0 Å². The minimum Gasteiger partial charge on any atom is -0.347 e. The normalized spacial score (nSPS) is 10.5. The van der Waals surface area contributed by atoms with E-state index >= 15 is 0 Å². The number of amides is 1. The van der Waals surface area contributed by atoms with Crippen LogP contribution in [0.5, 0.6) is 0 Å². The van der Waals surface area contributed by atoms with Crippen molar-refractivity contribution in [2.24, 2.45) is 5.73 Å². The third kappa shape index (κ3) is 5.15. The summed E-state index contributed by atoms with van der Waals surface area (Å²) < 4.78 is 0. The van der Waals surface area contributed by atoms with Gasteiger partial charge >= 0.3 is 0 Å². The van der Waals surface area contributed by atoms with E-state index in [0.29, 0.717) is 12.1 Å². The summed E-state index contributed by atoms with van der Waals surface area (Å²) in [6.07, 6.45) is 1.99.